The van der Waals surface area contributed by atoms with Crippen molar-refractivity contribution >= 4 is 30.0 Å². The van der Waals surface area contributed by atoms with E-state index in [2.05, 4.69) is 4.74 Å². The van der Waals surface area contributed by atoms with Gasteiger partial charge in [0.1, 0.15) is 11.6 Å². The quantitative estimate of drug-likeness (QED) is 0.842. The molecule has 0 aliphatic heterocycles. The first-order chi connectivity index (χ1) is 8.23. The minimum absolute atomic E-state index is 0. The molecule has 1 rings (SSSR count). The molecule has 0 spiro atoms. The van der Waals surface area contributed by atoms with Gasteiger partial charge in [0.25, 0.3) is 0 Å². The third kappa shape index (κ3) is 3.29. The summed E-state index contributed by atoms with van der Waals surface area (Å²) in [5.74, 6) is -1.78. The van der Waals surface area contributed by atoms with Gasteiger partial charge in [-0.1, -0.05) is 11.6 Å². The topological polar surface area (TPSA) is 72.5 Å². The monoisotopic (exact) mass is 311 g/mol. The number of esters is 1. The van der Waals surface area contributed by atoms with Crippen LogP contribution in [-0.4, -0.2) is 18.2 Å². The number of rotatable bonds is 3. The summed E-state index contributed by atoms with van der Waals surface area (Å²) in [6.07, 6.45) is 0. The smallest absolute Gasteiger partial charge is 0.313 e. The van der Waals surface area contributed by atoms with E-state index in [1.807, 2.05) is 0 Å². The van der Waals surface area contributed by atoms with Gasteiger partial charge >= 0.3 is 5.97 Å². The molecule has 0 radical (unpaired) electrons. The number of methoxy groups -OCH3 is 1. The fraction of sp³-hybridized carbons (Fsp3) is 0.417. The summed E-state index contributed by atoms with van der Waals surface area (Å²) in [4.78, 5) is 11.6. The lowest BCUT2D eigenvalue weighted by atomic mass is 9.80. The molecule has 0 aliphatic rings. The highest BCUT2D eigenvalue weighted by Crippen LogP contribution is 2.40. The molecule has 7 heteroatoms. The molecule has 108 valence electrons. The Bertz CT molecular complexity index is 480. The lowest BCUT2D eigenvalue weighted by molar-refractivity contribution is -0.152. The summed E-state index contributed by atoms with van der Waals surface area (Å²) < 4.78 is 18.3. The van der Waals surface area contributed by atoms with Crippen LogP contribution in [0.1, 0.15) is 25.5 Å². The van der Waals surface area contributed by atoms with Gasteiger partial charge in [-0.3, -0.25) is 4.79 Å². The van der Waals surface area contributed by atoms with E-state index in [4.69, 9.17) is 17.3 Å². The van der Waals surface area contributed by atoms with E-state index in [1.165, 1.54) is 27.0 Å². The van der Waals surface area contributed by atoms with Gasteiger partial charge in [-0.25, -0.2) is 4.39 Å². The highest BCUT2D eigenvalue weighted by Gasteiger charge is 2.39. The van der Waals surface area contributed by atoms with Crippen molar-refractivity contribution in [1.82, 2.24) is 0 Å². The van der Waals surface area contributed by atoms with Gasteiger partial charge in [0.15, 0.2) is 0 Å². The molecule has 1 aromatic rings. The van der Waals surface area contributed by atoms with E-state index < -0.39 is 29.0 Å². The highest BCUT2D eigenvalue weighted by atomic mass is 35.5. The number of phenols is 1. The molecule has 3 N–H and O–H groups in total. The average molecular weight is 312 g/mol. The summed E-state index contributed by atoms with van der Waals surface area (Å²) in [6.45, 7) is 3.01. The van der Waals surface area contributed by atoms with Crippen LogP contribution in [0.2, 0.25) is 5.02 Å². The standard InChI is InChI=1S/C12H15ClFNO3.ClH/c1-12(2,11(17)18-3)10(15)8-7(14)5-4-6(13)9(8)16;/h4-5,10,16H,15H2,1-3H3;1H/t10-;/m1./s1. The predicted molar refractivity (Wildman–Crippen MR) is 73.0 cm³/mol. The van der Waals surface area contributed by atoms with Gasteiger partial charge in [0.05, 0.1) is 23.6 Å². The number of hydrogen-bond acceptors (Lipinski definition) is 4. The van der Waals surface area contributed by atoms with Crippen LogP contribution < -0.4 is 5.73 Å². The lowest BCUT2D eigenvalue weighted by Gasteiger charge is -2.29. The first-order valence-corrected chi connectivity index (χ1v) is 5.62. The summed E-state index contributed by atoms with van der Waals surface area (Å²) in [6, 6.07) is 1.22. The number of hydrogen-bond donors (Lipinski definition) is 2. The van der Waals surface area contributed by atoms with Gasteiger partial charge < -0.3 is 15.6 Å². The molecule has 0 amide bonds. The van der Waals surface area contributed by atoms with Gasteiger partial charge in [0.2, 0.25) is 0 Å². The zero-order valence-electron chi connectivity index (χ0n) is 10.7. The van der Waals surface area contributed by atoms with E-state index in [0.29, 0.717) is 0 Å². The second-order valence-electron chi connectivity index (χ2n) is 4.48. The number of benzene rings is 1. The third-order valence-corrected chi connectivity index (χ3v) is 3.22. The molecule has 0 heterocycles. The van der Waals surface area contributed by atoms with E-state index in [0.717, 1.165) is 6.07 Å². The average Bonchev–Trinajstić information content (AvgIpc) is 2.33. The zero-order chi connectivity index (χ0) is 14.1. The fourth-order valence-corrected chi connectivity index (χ4v) is 1.77. The maximum atomic E-state index is 13.7. The van der Waals surface area contributed by atoms with Crippen LogP contribution in [0.15, 0.2) is 12.1 Å². The van der Waals surface area contributed by atoms with Crippen molar-refractivity contribution in [2.24, 2.45) is 11.1 Å². The van der Waals surface area contributed by atoms with E-state index >= 15 is 0 Å². The van der Waals surface area contributed by atoms with Crippen molar-refractivity contribution in [2.45, 2.75) is 19.9 Å². The number of aromatic hydroxyl groups is 1. The van der Waals surface area contributed by atoms with Gasteiger partial charge in [-0.15, -0.1) is 12.4 Å². The summed E-state index contributed by atoms with van der Waals surface area (Å²) in [5.41, 5.74) is 4.47. The van der Waals surface area contributed by atoms with Crippen molar-refractivity contribution in [1.29, 1.82) is 0 Å². The van der Waals surface area contributed by atoms with Crippen molar-refractivity contribution in [3.63, 3.8) is 0 Å². The van der Waals surface area contributed by atoms with Gasteiger partial charge in [-0.05, 0) is 26.0 Å². The summed E-state index contributed by atoms with van der Waals surface area (Å²) in [7, 11) is 1.21. The first kappa shape index (κ1) is 18.0. The molecule has 0 saturated carbocycles. The minimum Gasteiger partial charge on any atom is -0.506 e. The Morgan fingerprint density at radius 3 is 2.53 bits per heavy atom. The molecule has 1 atom stereocenters. The zero-order valence-corrected chi connectivity index (χ0v) is 12.3. The Morgan fingerprint density at radius 2 is 2.05 bits per heavy atom. The molecule has 0 unspecified atom stereocenters. The Balaban J connectivity index is 0.00000324. The molecular formula is C12H16Cl2FNO3. The number of nitrogens with two attached hydrogens (primary N) is 1. The number of carbonyl (C=O) groups is 1. The Labute approximate surface area is 122 Å². The predicted octanol–water partition coefficient (Wildman–Crippen LogP) is 2.81. The normalized spacial score (nSPS) is 12.5. The van der Waals surface area contributed by atoms with Gasteiger partial charge in [-0.2, -0.15) is 0 Å². The van der Waals surface area contributed by atoms with Crippen LogP contribution in [0.3, 0.4) is 0 Å². The minimum atomic E-state index is -1.20. The lowest BCUT2D eigenvalue weighted by Crippen LogP contribution is -2.38. The largest absolute Gasteiger partial charge is 0.506 e. The highest BCUT2D eigenvalue weighted by molar-refractivity contribution is 6.32. The van der Waals surface area contributed by atoms with Crippen LogP contribution in [0.5, 0.6) is 5.75 Å². The van der Waals surface area contributed by atoms with E-state index in [-0.39, 0.29) is 23.0 Å². The fourth-order valence-electron chi connectivity index (χ4n) is 1.60. The Kier molecular flexibility index (Phi) is 6.06. The Hall–Kier alpha value is -1.04. The second-order valence-corrected chi connectivity index (χ2v) is 4.89. The molecular weight excluding hydrogens is 296 g/mol. The summed E-state index contributed by atoms with van der Waals surface area (Å²) >= 11 is 5.71. The van der Waals surface area contributed by atoms with Crippen molar-refractivity contribution < 1.29 is 19.0 Å². The number of ether oxygens (including phenoxy) is 1. The van der Waals surface area contributed by atoms with Gasteiger partial charge in [0, 0.05) is 5.56 Å². The van der Waals surface area contributed by atoms with Crippen molar-refractivity contribution in [3.8, 4) is 5.75 Å². The summed E-state index contributed by atoms with van der Waals surface area (Å²) in [5, 5.41) is 9.74. The maximum absolute atomic E-state index is 13.7. The second kappa shape index (κ2) is 6.41. The molecule has 4 nitrogen and oxygen atoms in total. The number of phenolic OH excluding ortho intramolecular Hbond substituents is 1. The molecule has 0 aliphatic carbocycles. The van der Waals surface area contributed by atoms with Crippen LogP contribution in [0, 0.1) is 11.2 Å². The van der Waals surface area contributed by atoms with Crippen LogP contribution >= 0.6 is 24.0 Å². The van der Waals surface area contributed by atoms with Crippen LogP contribution in [0.4, 0.5) is 4.39 Å². The first-order valence-electron chi connectivity index (χ1n) is 5.24. The van der Waals surface area contributed by atoms with E-state index in [9.17, 15) is 14.3 Å². The molecule has 0 saturated heterocycles. The number of halogens is 3. The number of carbonyl (C=O) groups excluding carboxylic acids is 1. The molecule has 0 bridgehead atoms. The molecule has 0 fully saturated rings. The van der Waals surface area contributed by atoms with Crippen LogP contribution in [0.25, 0.3) is 0 Å². The van der Waals surface area contributed by atoms with Crippen molar-refractivity contribution in [3.05, 3.63) is 28.5 Å². The van der Waals surface area contributed by atoms with E-state index in [1.54, 1.807) is 0 Å². The Morgan fingerprint density at radius 1 is 1.53 bits per heavy atom. The molecule has 19 heavy (non-hydrogen) atoms. The third-order valence-electron chi connectivity index (χ3n) is 2.91. The van der Waals surface area contributed by atoms with Crippen LogP contribution in [-0.2, 0) is 9.53 Å². The SMILES string of the molecule is COC(=O)C(C)(C)[C@H](N)c1c(F)ccc(Cl)c1O.Cl. The molecule has 0 aromatic heterocycles. The van der Waals surface area contributed by atoms with Crippen molar-refractivity contribution in [2.75, 3.05) is 7.11 Å². The molecule has 1 aromatic carbocycles. The maximum Gasteiger partial charge on any atom is 0.313 e.